The summed E-state index contributed by atoms with van der Waals surface area (Å²) in [7, 11) is -3.47. The van der Waals surface area contributed by atoms with E-state index in [0.717, 1.165) is 17.9 Å². The van der Waals surface area contributed by atoms with Gasteiger partial charge in [-0.15, -0.1) is 0 Å². The van der Waals surface area contributed by atoms with Crippen molar-refractivity contribution in [2.75, 3.05) is 37.7 Å². The monoisotopic (exact) mass is 355 g/mol. The van der Waals surface area contributed by atoms with Gasteiger partial charge in [0.1, 0.15) is 0 Å². The fraction of sp³-hybridized carbons (Fsp3) is 0.533. The summed E-state index contributed by atoms with van der Waals surface area (Å²) in [5.74, 6) is 1.89. The number of benzene rings is 1. The smallest absolute Gasteiger partial charge is 0.251 e. The van der Waals surface area contributed by atoms with Crippen molar-refractivity contribution in [2.24, 2.45) is 0 Å². The molecule has 1 atom stereocenters. The molecule has 0 bridgehead atoms. The van der Waals surface area contributed by atoms with Crippen LogP contribution in [0.25, 0.3) is 0 Å². The molecule has 0 aliphatic carbocycles. The second-order valence-corrected chi connectivity index (χ2v) is 8.80. The van der Waals surface area contributed by atoms with Crippen LogP contribution in [0.3, 0.4) is 0 Å². The Labute approximate surface area is 141 Å². The lowest BCUT2D eigenvalue weighted by molar-refractivity contribution is 0.0941. The van der Waals surface area contributed by atoms with Crippen LogP contribution in [0.5, 0.6) is 0 Å². The minimum Gasteiger partial charge on any atom is -0.348 e. The quantitative estimate of drug-likeness (QED) is 0.823. The van der Waals surface area contributed by atoms with Crippen LogP contribution in [0.1, 0.15) is 16.8 Å². The molecule has 3 rings (SSSR count). The van der Waals surface area contributed by atoms with E-state index in [1.54, 1.807) is 12.1 Å². The zero-order valence-electron chi connectivity index (χ0n) is 12.8. The van der Waals surface area contributed by atoms with Crippen molar-refractivity contribution in [1.82, 2.24) is 14.9 Å². The van der Waals surface area contributed by atoms with Gasteiger partial charge in [-0.1, -0.05) is 0 Å². The largest absolute Gasteiger partial charge is 0.348 e. The van der Waals surface area contributed by atoms with Gasteiger partial charge in [0.05, 0.1) is 4.90 Å². The average Bonchev–Trinajstić information content (AvgIpc) is 3.09. The fourth-order valence-electron chi connectivity index (χ4n) is 2.73. The minimum absolute atomic E-state index is 0.136. The number of piperazine rings is 1. The topological polar surface area (TPSA) is 78.5 Å². The van der Waals surface area contributed by atoms with Gasteiger partial charge in [-0.2, -0.15) is 16.1 Å². The SMILES string of the molecule is O=C(N[C@H]1CCSC1)c1ccc(S(=O)(=O)N2CCNCC2)cc1. The molecule has 126 valence electrons. The predicted octanol–water partition coefficient (Wildman–Crippen LogP) is 0.516. The van der Waals surface area contributed by atoms with Gasteiger partial charge in [0.2, 0.25) is 10.0 Å². The molecule has 0 unspecified atom stereocenters. The molecule has 1 aromatic rings. The number of hydrogen-bond acceptors (Lipinski definition) is 5. The number of carbonyl (C=O) groups excluding carboxylic acids is 1. The summed E-state index contributed by atoms with van der Waals surface area (Å²) in [6.45, 7) is 2.28. The van der Waals surface area contributed by atoms with E-state index in [2.05, 4.69) is 10.6 Å². The van der Waals surface area contributed by atoms with Crippen molar-refractivity contribution in [2.45, 2.75) is 17.4 Å². The molecule has 2 N–H and O–H groups in total. The molecule has 1 amide bonds. The maximum absolute atomic E-state index is 12.5. The molecule has 6 nitrogen and oxygen atoms in total. The third kappa shape index (κ3) is 3.88. The number of nitrogens with zero attached hydrogens (tertiary/aromatic N) is 1. The maximum Gasteiger partial charge on any atom is 0.251 e. The summed E-state index contributed by atoms with van der Waals surface area (Å²) in [6, 6.07) is 6.45. The first-order valence-corrected chi connectivity index (χ1v) is 10.4. The molecule has 0 aromatic heterocycles. The highest BCUT2D eigenvalue weighted by molar-refractivity contribution is 7.99. The Morgan fingerprint density at radius 2 is 1.91 bits per heavy atom. The Bertz CT molecular complexity index is 649. The summed E-state index contributed by atoms with van der Waals surface area (Å²) in [5, 5.41) is 6.12. The molecular formula is C15H21N3O3S2. The molecule has 0 saturated carbocycles. The molecule has 2 aliphatic rings. The van der Waals surface area contributed by atoms with E-state index >= 15 is 0 Å². The highest BCUT2D eigenvalue weighted by atomic mass is 32.2. The zero-order valence-corrected chi connectivity index (χ0v) is 14.5. The molecule has 8 heteroatoms. The Hall–Kier alpha value is -1.09. The number of nitrogens with one attached hydrogen (secondary N) is 2. The summed E-state index contributed by atoms with van der Waals surface area (Å²) < 4.78 is 26.6. The normalized spacial score (nSPS) is 22.9. The predicted molar refractivity (Wildman–Crippen MR) is 91.3 cm³/mol. The standard InChI is InChI=1S/C15H21N3O3S2/c19-15(17-13-5-10-22-11-13)12-1-3-14(4-2-12)23(20,21)18-8-6-16-7-9-18/h1-4,13,16H,5-11H2,(H,17,19)/t13-/m0/s1. The molecule has 2 fully saturated rings. The molecule has 0 radical (unpaired) electrons. The molecular weight excluding hydrogens is 334 g/mol. The van der Waals surface area contributed by atoms with Crippen molar-refractivity contribution in [3.63, 3.8) is 0 Å². The number of thioether (sulfide) groups is 1. The number of hydrogen-bond donors (Lipinski definition) is 2. The lowest BCUT2D eigenvalue weighted by atomic mass is 10.2. The van der Waals surface area contributed by atoms with Gasteiger partial charge in [-0.25, -0.2) is 8.42 Å². The van der Waals surface area contributed by atoms with Crippen molar-refractivity contribution in [3.05, 3.63) is 29.8 Å². The van der Waals surface area contributed by atoms with Gasteiger partial charge in [-0.05, 0) is 36.4 Å². The van der Waals surface area contributed by atoms with Crippen LogP contribution < -0.4 is 10.6 Å². The molecule has 0 spiro atoms. The lowest BCUT2D eigenvalue weighted by Crippen LogP contribution is -2.46. The first-order chi connectivity index (χ1) is 11.1. The Kier molecular flexibility index (Phi) is 5.25. The number of sulfonamides is 1. The van der Waals surface area contributed by atoms with Gasteiger partial charge in [0.25, 0.3) is 5.91 Å². The fourth-order valence-corrected chi connectivity index (χ4v) is 5.32. The van der Waals surface area contributed by atoms with Crippen LogP contribution in [0.2, 0.25) is 0 Å². The summed E-state index contributed by atoms with van der Waals surface area (Å²) in [6.07, 6.45) is 0.992. The van der Waals surface area contributed by atoms with Gasteiger partial charge in [0, 0.05) is 43.5 Å². The van der Waals surface area contributed by atoms with E-state index in [1.165, 1.54) is 16.4 Å². The Morgan fingerprint density at radius 1 is 1.22 bits per heavy atom. The van der Waals surface area contributed by atoms with E-state index in [4.69, 9.17) is 0 Å². The molecule has 2 aliphatic heterocycles. The van der Waals surface area contributed by atoms with Gasteiger partial charge in [0.15, 0.2) is 0 Å². The highest BCUT2D eigenvalue weighted by Gasteiger charge is 2.26. The van der Waals surface area contributed by atoms with Gasteiger partial charge >= 0.3 is 0 Å². The second-order valence-electron chi connectivity index (χ2n) is 5.71. The van der Waals surface area contributed by atoms with E-state index in [9.17, 15) is 13.2 Å². The summed E-state index contributed by atoms with van der Waals surface area (Å²) >= 11 is 1.84. The Balaban J connectivity index is 1.69. The van der Waals surface area contributed by atoms with Crippen molar-refractivity contribution < 1.29 is 13.2 Å². The van der Waals surface area contributed by atoms with Crippen LogP contribution in [-0.4, -0.2) is 62.4 Å². The van der Waals surface area contributed by atoms with Gasteiger partial charge in [-0.3, -0.25) is 4.79 Å². The summed E-state index contributed by atoms with van der Waals surface area (Å²) in [4.78, 5) is 12.4. The van der Waals surface area contributed by atoms with E-state index < -0.39 is 10.0 Å². The lowest BCUT2D eigenvalue weighted by Gasteiger charge is -2.26. The number of rotatable bonds is 4. The third-order valence-electron chi connectivity index (χ3n) is 4.10. The van der Waals surface area contributed by atoms with Crippen molar-refractivity contribution in [3.8, 4) is 0 Å². The molecule has 23 heavy (non-hydrogen) atoms. The van der Waals surface area contributed by atoms with Crippen molar-refractivity contribution >= 4 is 27.7 Å². The molecule has 2 saturated heterocycles. The maximum atomic E-state index is 12.5. The van der Waals surface area contributed by atoms with E-state index in [1.807, 2.05) is 11.8 Å². The Morgan fingerprint density at radius 3 is 2.52 bits per heavy atom. The van der Waals surface area contributed by atoms with Crippen LogP contribution in [-0.2, 0) is 10.0 Å². The average molecular weight is 355 g/mol. The molecule has 1 aromatic carbocycles. The first kappa shape index (κ1) is 16.8. The van der Waals surface area contributed by atoms with Crippen molar-refractivity contribution in [1.29, 1.82) is 0 Å². The van der Waals surface area contributed by atoms with Crippen LogP contribution in [0.15, 0.2) is 29.2 Å². The van der Waals surface area contributed by atoms with Crippen LogP contribution in [0, 0.1) is 0 Å². The van der Waals surface area contributed by atoms with Crippen LogP contribution in [0.4, 0.5) is 0 Å². The van der Waals surface area contributed by atoms with Gasteiger partial charge < -0.3 is 10.6 Å². The highest BCUT2D eigenvalue weighted by Crippen LogP contribution is 2.19. The van der Waals surface area contributed by atoms with Crippen LogP contribution >= 0.6 is 11.8 Å². The minimum atomic E-state index is -3.47. The first-order valence-electron chi connectivity index (χ1n) is 7.77. The zero-order chi connectivity index (χ0) is 16.3. The second kappa shape index (κ2) is 7.21. The third-order valence-corrected chi connectivity index (χ3v) is 7.17. The number of amides is 1. The number of carbonyl (C=O) groups is 1. The summed E-state index contributed by atoms with van der Waals surface area (Å²) in [5.41, 5.74) is 0.501. The molecule has 2 heterocycles. The van der Waals surface area contributed by atoms with E-state index in [-0.39, 0.29) is 16.8 Å². The van der Waals surface area contributed by atoms with E-state index in [0.29, 0.717) is 31.7 Å².